The predicted octanol–water partition coefficient (Wildman–Crippen LogP) is 2.97. The first-order valence-corrected chi connectivity index (χ1v) is 8.92. The van der Waals surface area contributed by atoms with Crippen molar-refractivity contribution < 1.29 is 4.79 Å². The Balaban J connectivity index is 1.53. The minimum absolute atomic E-state index is 0.000687. The minimum Gasteiger partial charge on any atom is -0.347 e. The van der Waals surface area contributed by atoms with E-state index >= 15 is 0 Å². The van der Waals surface area contributed by atoms with Crippen LogP contribution in [0.5, 0.6) is 0 Å². The van der Waals surface area contributed by atoms with Gasteiger partial charge in [0.15, 0.2) is 0 Å². The molecule has 132 valence electrons. The number of aryl methyl sites for hydroxylation is 1. The molecule has 1 aliphatic carbocycles. The minimum atomic E-state index is -0.239. The summed E-state index contributed by atoms with van der Waals surface area (Å²) in [5.41, 5.74) is 2.07. The molecule has 0 aliphatic heterocycles. The maximum absolute atomic E-state index is 12.6. The van der Waals surface area contributed by atoms with E-state index in [1.165, 1.54) is 10.2 Å². The molecular weight excluding hydrogens is 326 g/mol. The van der Waals surface area contributed by atoms with E-state index in [-0.39, 0.29) is 24.1 Å². The van der Waals surface area contributed by atoms with Crippen LogP contribution in [0.4, 0.5) is 0 Å². The molecule has 3 aromatic rings. The molecule has 1 heterocycles. The quantitative estimate of drug-likeness (QED) is 0.772. The van der Waals surface area contributed by atoms with Gasteiger partial charge in [0.1, 0.15) is 6.54 Å². The van der Waals surface area contributed by atoms with Gasteiger partial charge in [0.2, 0.25) is 5.91 Å². The summed E-state index contributed by atoms with van der Waals surface area (Å²) in [6.45, 7) is 1.98. The summed E-state index contributed by atoms with van der Waals surface area (Å²) < 4.78 is 1.23. The number of nitrogens with zero attached hydrogens (tertiary/aromatic N) is 2. The van der Waals surface area contributed by atoms with Crippen molar-refractivity contribution in [2.45, 2.75) is 32.4 Å². The summed E-state index contributed by atoms with van der Waals surface area (Å²) in [4.78, 5) is 25.1. The van der Waals surface area contributed by atoms with Gasteiger partial charge in [0, 0.05) is 5.39 Å². The lowest BCUT2D eigenvalue weighted by Gasteiger charge is -2.19. The molecule has 5 nitrogen and oxygen atoms in total. The Kier molecular flexibility index (Phi) is 4.29. The van der Waals surface area contributed by atoms with Gasteiger partial charge in [0.05, 0.1) is 17.6 Å². The third-order valence-corrected chi connectivity index (χ3v) is 4.90. The second-order valence-electron chi connectivity index (χ2n) is 6.99. The molecule has 1 aliphatic rings. The van der Waals surface area contributed by atoms with Crippen LogP contribution in [0.3, 0.4) is 0 Å². The molecule has 4 rings (SSSR count). The van der Waals surface area contributed by atoms with Crippen LogP contribution in [-0.4, -0.2) is 15.7 Å². The third-order valence-electron chi connectivity index (χ3n) is 4.90. The molecule has 1 atom stereocenters. The fraction of sp³-hybridized carbons (Fsp3) is 0.286. The Bertz CT molecular complexity index is 1000. The maximum atomic E-state index is 12.6. The number of hydrogen-bond donors (Lipinski definition) is 1. The Labute approximate surface area is 151 Å². The zero-order valence-corrected chi connectivity index (χ0v) is 14.7. The second-order valence-corrected chi connectivity index (χ2v) is 6.99. The zero-order chi connectivity index (χ0) is 18.1. The summed E-state index contributed by atoms with van der Waals surface area (Å²) in [6, 6.07) is 15.5. The highest BCUT2D eigenvalue weighted by atomic mass is 16.2. The summed E-state index contributed by atoms with van der Waals surface area (Å²) in [5.74, 6) is 0.287. The topological polar surface area (TPSA) is 64.0 Å². The highest BCUT2D eigenvalue weighted by Crippen LogP contribution is 2.41. The molecule has 1 amide bonds. The van der Waals surface area contributed by atoms with E-state index < -0.39 is 0 Å². The molecule has 0 saturated heterocycles. The number of rotatable bonds is 5. The van der Waals surface area contributed by atoms with Crippen molar-refractivity contribution in [1.29, 1.82) is 0 Å². The molecule has 1 aromatic heterocycles. The SMILES string of the molecule is Cc1ccc(C(NC(=O)Cn2ncc3ccccc3c2=O)C2CC2)cc1. The van der Waals surface area contributed by atoms with E-state index in [2.05, 4.69) is 34.7 Å². The Hall–Kier alpha value is -2.95. The zero-order valence-electron chi connectivity index (χ0n) is 14.7. The molecule has 1 fully saturated rings. The van der Waals surface area contributed by atoms with Crippen molar-refractivity contribution in [3.05, 3.63) is 76.2 Å². The second kappa shape index (κ2) is 6.75. The van der Waals surface area contributed by atoms with Crippen molar-refractivity contribution >= 4 is 16.7 Å². The molecule has 2 aromatic carbocycles. The van der Waals surface area contributed by atoms with Gasteiger partial charge in [-0.25, -0.2) is 4.68 Å². The first kappa shape index (κ1) is 16.5. The number of amides is 1. The van der Waals surface area contributed by atoms with Crippen molar-refractivity contribution in [2.75, 3.05) is 0 Å². The number of hydrogen-bond acceptors (Lipinski definition) is 3. The van der Waals surface area contributed by atoms with Crippen LogP contribution in [0.1, 0.15) is 30.0 Å². The Morgan fingerprint density at radius 1 is 1.19 bits per heavy atom. The van der Waals surface area contributed by atoms with E-state index in [1.54, 1.807) is 12.3 Å². The fourth-order valence-corrected chi connectivity index (χ4v) is 3.27. The number of nitrogens with one attached hydrogen (secondary N) is 1. The van der Waals surface area contributed by atoms with Gasteiger partial charge >= 0.3 is 0 Å². The molecule has 1 unspecified atom stereocenters. The number of fused-ring (bicyclic) bond motifs is 1. The summed E-state index contributed by atoms with van der Waals surface area (Å²) in [6.07, 6.45) is 3.86. The van der Waals surface area contributed by atoms with Crippen molar-refractivity contribution in [3.63, 3.8) is 0 Å². The van der Waals surface area contributed by atoms with Crippen LogP contribution in [0, 0.1) is 12.8 Å². The number of aromatic nitrogens is 2. The summed E-state index contributed by atoms with van der Waals surface area (Å²) in [7, 11) is 0. The largest absolute Gasteiger partial charge is 0.347 e. The van der Waals surface area contributed by atoms with Crippen LogP contribution >= 0.6 is 0 Å². The molecule has 0 radical (unpaired) electrons. The molecule has 5 heteroatoms. The average Bonchev–Trinajstić information content (AvgIpc) is 3.48. The number of benzene rings is 2. The van der Waals surface area contributed by atoms with Crippen LogP contribution < -0.4 is 10.9 Å². The van der Waals surface area contributed by atoms with Gasteiger partial charge in [-0.05, 0) is 37.3 Å². The summed E-state index contributed by atoms with van der Waals surface area (Å²) in [5, 5.41) is 8.60. The van der Waals surface area contributed by atoms with Crippen LogP contribution in [0.25, 0.3) is 10.8 Å². The fourth-order valence-electron chi connectivity index (χ4n) is 3.27. The highest BCUT2D eigenvalue weighted by Gasteiger charge is 2.33. The molecule has 1 N–H and O–H groups in total. The van der Waals surface area contributed by atoms with E-state index in [1.807, 2.05) is 25.1 Å². The van der Waals surface area contributed by atoms with Gasteiger partial charge in [-0.3, -0.25) is 9.59 Å². The first-order chi connectivity index (χ1) is 12.6. The lowest BCUT2D eigenvalue weighted by atomic mass is 10.0. The smallest absolute Gasteiger partial charge is 0.275 e. The Morgan fingerprint density at radius 3 is 2.65 bits per heavy atom. The van der Waals surface area contributed by atoms with Gasteiger partial charge < -0.3 is 5.32 Å². The monoisotopic (exact) mass is 347 g/mol. The number of carbonyl (C=O) groups is 1. The maximum Gasteiger partial charge on any atom is 0.275 e. The normalized spacial score (nSPS) is 15.0. The first-order valence-electron chi connectivity index (χ1n) is 8.92. The number of carbonyl (C=O) groups excluding carboxylic acids is 1. The standard InChI is InChI=1S/C21H21N3O2/c1-14-6-8-15(9-7-14)20(16-10-11-16)23-19(25)13-24-21(26)18-5-3-2-4-17(18)12-22-24/h2-9,12,16,20H,10-11,13H2,1H3,(H,23,25). The molecule has 1 saturated carbocycles. The third kappa shape index (κ3) is 3.38. The van der Waals surface area contributed by atoms with Crippen molar-refractivity contribution in [1.82, 2.24) is 15.1 Å². The van der Waals surface area contributed by atoms with Gasteiger partial charge in [-0.15, -0.1) is 0 Å². The van der Waals surface area contributed by atoms with Crippen molar-refractivity contribution in [3.8, 4) is 0 Å². The van der Waals surface area contributed by atoms with E-state index in [4.69, 9.17) is 0 Å². The Morgan fingerprint density at radius 2 is 1.92 bits per heavy atom. The molecule has 0 bridgehead atoms. The summed E-state index contributed by atoms with van der Waals surface area (Å²) >= 11 is 0. The molecule has 26 heavy (non-hydrogen) atoms. The average molecular weight is 347 g/mol. The van der Waals surface area contributed by atoms with Gasteiger partial charge in [-0.1, -0.05) is 48.0 Å². The van der Waals surface area contributed by atoms with Crippen molar-refractivity contribution in [2.24, 2.45) is 5.92 Å². The lowest BCUT2D eigenvalue weighted by molar-refractivity contribution is -0.122. The van der Waals surface area contributed by atoms with Gasteiger partial charge in [0.25, 0.3) is 5.56 Å². The molecular formula is C21H21N3O2. The molecule has 0 spiro atoms. The van der Waals surface area contributed by atoms with E-state index in [0.29, 0.717) is 11.3 Å². The van der Waals surface area contributed by atoms with Crippen LogP contribution in [0.15, 0.2) is 59.5 Å². The van der Waals surface area contributed by atoms with E-state index in [0.717, 1.165) is 23.8 Å². The van der Waals surface area contributed by atoms with Gasteiger partial charge in [-0.2, -0.15) is 5.10 Å². The predicted molar refractivity (Wildman–Crippen MR) is 101 cm³/mol. The lowest BCUT2D eigenvalue weighted by Crippen LogP contribution is -2.36. The van der Waals surface area contributed by atoms with Crippen LogP contribution in [0.2, 0.25) is 0 Å². The highest BCUT2D eigenvalue weighted by molar-refractivity contribution is 5.81. The van der Waals surface area contributed by atoms with Crippen LogP contribution in [-0.2, 0) is 11.3 Å². The van der Waals surface area contributed by atoms with E-state index in [9.17, 15) is 9.59 Å².